The van der Waals surface area contributed by atoms with Crippen LogP contribution >= 0.6 is 11.3 Å². The number of nitrogens with one attached hydrogen (secondary N) is 2. The van der Waals surface area contributed by atoms with Gasteiger partial charge in [0.15, 0.2) is 0 Å². The molecular weight excluding hydrogens is 340 g/mol. The molecule has 0 unspecified atom stereocenters. The zero-order valence-corrected chi connectivity index (χ0v) is 15.5. The molecule has 2 N–H and O–H groups in total. The lowest BCUT2D eigenvalue weighted by molar-refractivity contribution is -0.136. The van der Waals surface area contributed by atoms with Crippen molar-refractivity contribution in [1.29, 1.82) is 0 Å². The van der Waals surface area contributed by atoms with Crippen LogP contribution in [0.1, 0.15) is 59.8 Å². The summed E-state index contributed by atoms with van der Waals surface area (Å²) >= 11 is 1.37. The van der Waals surface area contributed by atoms with Crippen molar-refractivity contribution in [2.24, 2.45) is 5.92 Å². The van der Waals surface area contributed by atoms with Crippen LogP contribution in [0, 0.1) is 5.92 Å². The Balaban J connectivity index is 1.66. The Bertz CT molecular complexity index is 689. The van der Waals surface area contributed by atoms with E-state index >= 15 is 0 Å². The van der Waals surface area contributed by atoms with Gasteiger partial charge in [-0.05, 0) is 56.4 Å². The fourth-order valence-corrected chi connectivity index (χ4v) is 4.90. The molecule has 7 heteroatoms. The van der Waals surface area contributed by atoms with Crippen LogP contribution in [0.2, 0.25) is 0 Å². The highest BCUT2D eigenvalue weighted by Crippen LogP contribution is 2.39. The second kappa shape index (κ2) is 7.56. The smallest absolute Gasteiger partial charge is 0.341 e. The predicted octanol–water partition coefficient (Wildman–Crippen LogP) is 2.66. The molecule has 2 aliphatic carbocycles. The predicted molar refractivity (Wildman–Crippen MR) is 95.9 cm³/mol. The van der Waals surface area contributed by atoms with E-state index in [1.807, 2.05) is 0 Å². The van der Waals surface area contributed by atoms with Gasteiger partial charge in [-0.2, -0.15) is 0 Å². The second-order valence-corrected chi connectivity index (χ2v) is 8.04. The van der Waals surface area contributed by atoms with Gasteiger partial charge in [-0.3, -0.25) is 9.59 Å². The standard InChI is InChI=1S/C18H24N2O4S/c1-10-6-8-11(9-7-10)19-15(21)16(22)20-17-14(18(23)24-2)12-4-3-5-13(12)25-17/h10-11H,3-9H2,1-2H3,(H,19,21)(H,20,22). The summed E-state index contributed by atoms with van der Waals surface area (Å²) in [6, 6.07) is 0.0582. The van der Waals surface area contributed by atoms with Gasteiger partial charge < -0.3 is 15.4 Å². The number of fused-ring (bicyclic) bond motifs is 1. The van der Waals surface area contributed by atoms with Crippen LogP contribution in [-0.4, -0.2) is 30.9 Å². The summed E-state index contributed by atoms with van der Waals surface area (Å²) in [7, 11) is 1.32. The summed E-state index contributed by atoms with van der Waals surface area (Å²) < 4.78 is 4.85. The van der Waals surface area contributed by atoms with E-state index in [0.29, 0.717) is 16.5 Å². The second-order valence-electron chi connectivity index (χ2n) is 6.94. The molecule has 6 nitrogen and oxygen atoms in total. The van der Waals surface area contributed by atoms with Crippen molar-refractivity contribution in [2.75, 3.05) is 12.4 Å². The Morgan fingerprint density at radius 3 is 2.48 bits per heavy atom. The summed E-state index contributed by atoms with van der Waals surface area (Å²) in [5, 5.41) is 5.85. The van der Waals surface area contributed by atoms with Crippen LogP contribution in [0.15, 0.2) is 0 Å². The van der Waals surface area contributed by atoms with E-state index in [2.05, 4.69) is 17.6 Å². The first kappa shape index (κ1) is 17.9. The van der Waals surface area contributed by atoms with Crippen LogP contribution in [0.4, 0.5) is 5.00 Å². The Hall–Kier alpha value is -1.89. The van der Waals surface area contributed by atoms with Crippen LogP contribution in [0.3, 0.4) is 0 Å². The highest BCUT2D eigenvalue weighted by atomic mass is 32.1. The topological polar surface area (TPSA) is 84.5 Å². The molecule has 3 rings (SSSR count). The number of thiophene rings is 1. The van der Waals surface area contributed by atoms with Crippen LogP contribution < -0.4 is 10.6 Å². The third-order valence-electron chi connectivity index (χ3n) is 5.10. The summed E-state index contributed by atoms with van der Waals surface area (Å²) in [4.78, 5) is 37.6. The minimum Gasteiger partial charge on any atom is -0.465 e. The lowest BCUT2D eigenvalue weighted by Crippen LogP contribution is -2.43. The first-order chi connectivity index (χ1) is 12.0. The molecular formula is C18H24N2O4S. The van der Waals surface area contributed by atoms with Gasteiger partial charge in [0.1, 0.15) is 5.00 Å². The Kier molecular flexibility index (Phi) is 5.42. The summed E-state index contributed by atoms with van der Waals surface area (Å²) in [6.45, 7) is 2.20. The van der Waals surface area contributed by atoms with Crippen molar-refractivity contribution >= 4 is 34.1 Å². The number of aryl methyl sites for hydroxylation is 1. The maximum Gasteiger partial charge on any atom is 0.341 e. The molecule has 2 amide bonds. The molecule has 1 aromatic rings. The third-order valence-corrected chi connectivity index (χ3v) is 6.30. The molecule has 2 aliphatic rings. The van der Waals surface area contributed by atoms with Crippen molar-refractivity contribution in [3.05, 3.63) is 16.0 Å². The summed E-state index contributed by atoms with van der Waals surface area (Å²) in [6.07, 6.45) is 6.64. The quantitative estimate of drug-likeness (QED) is 0.638. The number of amides is 2. The monoisotopic (exact) mass is 364 g/mol. The van der Waals surface area contributed by atoms with Crippen molar-refractivity contribution in [3.8, 4) is 0 Å². The minimum absolute atomic E-state index is 0.0582. The van der Waals surface area contributed by atoms with Gasteiger partial charge in [-0.1, -0.05) is 6.92 Å². The number of hydrogen-bond acceptors (Lipinski definition) is 5. The Morgan fingerprint density at radius 2 is 1.80 bits per heavy atom. The molecule has 0 aliphatic heterocycles. The summed E-state index contributed by atoms with van der Waals surface area (Å²) in [5.74, 6) is -1.14. The highest BCUT2D eigenvalue weighted by molar-refractivity contribution is 7.17. The van der Waals surface area contributed by atoms with Crippen molar-refractivity contribution in [3.63, 3.8) is 0 Å². The van der Waals surface area contributed by atoms with Crippen LogP contribution in [-0.2, 0) is 27.2 Å². The molecule has 136 valence electrons. The molecule has 1 saturated carbocycles. The van der Waals surface area contributed by atoms with Gasteiger partial charge >= 0.3 is 17.8 Å². The van der Waals surface area contributed by atoms with E-state index in [-0.39, 0.29) is 6.04 Å². The number of methoxy groups -OCH3 is 1. The fraction of sp³-hybridized carbons (Fsp3) is 0.611. The molecule has 0 spiro atoms. The maximum atomic E-state index is 12.3. The summed E-state index contributed by atoms with van der Waals surface area (Å²) in [5.41, 5.74) is 1.36. The average Bonchev–Trinajstić information content (AvgIpc) is 3.16. The molecule has 0 saturated heterocycles. The zero-order chi connectivity index (χ0) is 18.0. The molecule has 1 heterocycles. The number of carbonyl (C=O) groups excluding carboxylic acids is 3. The first-order valence-corrected chi connectivity index (χ1v) is 9.66. The van der Waals surface area contributed by atoms with Crippen LogP contribution in [0.5, 0.6) is 0 Å². The SMILES string of the molecule is COC(=O)c1c(NC(=O)C(=O)NC2CCC(C)CC2)sc2c1CCC2. The minimum atomic E-state index is -0.719. The number of anilines is 1. The number of rotatable bonds is 3. The van der Waals surface area contributed by atoms with E-state index in [1.165, 1.54) is 18.4 Å². The third kappa shape index (κ3) is 3.86. The molecule has 1 aromatic heterocycles. The molecule has 0 atom stereocenters. The van der Waals surface area contributed by atoms with E-state index in [9.17, 15) is 14.4 Å². The van der Waals surface area contributed by atoms with E-state index in [1.54, 1.807) is 0 Å². The average molecular weight is 364 g/mol. The lowest BCUT2D eigenvalue weighted by Gasteiger charge is -2.26. The molecule has 0 aromatic carbocycles. The van der Waals surface area contributed by atoms with Crippen LogP contribution in [0.25, 0.3) is 0 Å². The van der Waals surface area contributed by atoms with Gasteiger partial charge in [0.2, 0.25) is 0 Å². The molecule has 1 fully saturated rings. The zero-order valence-electron chi connectivity index (χ0n) is 14.6. The van der Waals surface area contributed by atoms with Gasteiger partial charge in [0.25, 0.3) is 0 Å². The number of hydrogen-bond donors (Lipinski definition) is 2. The largest absolute Gasteiger partial charge is 0.465 e. The molecule has 25 heavy (non-hydrogen) atoms. The molecule has 0 radical (unpaired) electrons. The first-order valence-electron chi connectivity index (χ1n) is 8.84. The van der Waals surface area contributed by atoms with E-state index < -0.39 is 17.8 Å². The molecule has 0 bridgehead atoms. The van der Waals surface area contributed by atoms with Crippen molar-refractivity contribution in [1.82, 2.24) is 5.32 Å². The van der Waals surface area contributed by atoms with Crippen molar-refractivity contribution in [2.45, 2.75) is 57.9 Å². The lowest BCUT2D eigenvalue weighted by atomic mass is 9.87. The Labute approximate surface area is 151 Å². The van der Waals surface area contributed by atoms with Gasteiger partial charge in [0, 0.05) is 10.9 Å². The van der Waals surface area contributed by atoms with E-state index in [4.69, 9.17) is 4.74 Å². The van der Waals surface area contributed by atoms with Crippen molar-refractivity contribution < 1.29 is 19.1 Å². The fourth-order valence-electron chi connectivity index (χ4n) is 3.63. The number of esters is 1. The number of carbonyl (C=O) groups is 3. The van der Waals surface area contributed by atoms with Gasteiger partial charge in [0.05, 0.1) is 12.7 Å². The maximum absolute atomic E-state index is 12.3. The van der Waals surface area contributed by atoms with Gasteiger partial charge in [-0.25, -0.2) is 4.79 Å². The normalized spacial score (nSPS) is 22.2. The van der Waals surface area contributed by atoms with E-state index in [0.717, 1.165) is 55.4 Å². The van der Waals surface area contributed by atoms with Gasteiger partial charge in [-0.15, -0.1) is 11.3 Å². The highest BCUT2D eigenvalue weighted by Gasteiger charge is 2.30. The number of ether oxygens (including phenoxy) is 1. The Morgan fingerprint density at radius 1 is 1.08 bits per heavy atom.